The van der Waals surface area contributed by atoms with Gasteiger partial charge in [0.05, 0.1) is 28.1 Å². The molecule has 2 atom stereocenters. The fraction of sp³-hybridized carbons (Fsp3) is 0.467. The molecule has 0 unspecified atom stereocenters. The van der Waals surface area contributed by atoms with E-state index in [1.54, 1.807) is 37.8 Å². The van der Waals surface area contributed by atoms with Crippen LogP contribution in [0.25, 0.3) is 0 Å². The summed E-state index contributed by atoms with van der Waals surface area (Å²) in [5.74, 6) is -0.138. The third-order valence-corrected chi connectivity index (χ3v) is 4.60. The lowest BCUT2D eigenvalue weighted by Crippen LogP contribution is -2.35. The van der Waals surface area contributed by atoms with E-state index in [2.05, 4.69) is 0 Å². The molecule has 2 rings (SSSR count). The molecule has 1 aliphatic heterocycles. The molecule has 0 aromatic heterocycles. The SMILES string of the molecule is Cc1c(N2C(=O)C(C)(C)[C@@H](O)[C@H]2C)ccc(C#N)c1Cl. The first-order valence-electron chi connectivity index (χ1n) is 6.44. The van der Waals surface area contributed by atoms with E-state index >= 15 is 0 Å². The van der Waals surface area contributed by atoms with Crippen LogP contribution in [0.4, 0.5) is 5.69 Å². The molecule has 5 heteroatoms. The van der Waals surface area contributed by atoms with E-state index < -0.39 is 11.5 Å². The van der Waals surface area contributed by atoms with Gasteiger partial charge in [0, 0.05) is 5.69 Å². The molecule has 1 N–H and O–H groups in total. The Morgan fingerprint density at radius 2 is 2.05 bits per heavy atom. The molecule has 106 valence electrons. The lowest BCUT2D eigenvalue weighted by Gasteiger charge is -2.25. The van der Waals surface area contributed by atoms with Crippen LogP contribution in [0.1, 0.15) is 31.9 Å². The lowest BCUT2D eigenvalue weighted by atomic mass is 9.87. The standard InChI is InChI=1S/C15H17ClN2O2/c1-8-11(6-5-10(7-17)12(8)16)18-9(2)13(19)15(3,4)14(18)20/h5-6,9,13,19H,1-4H3/t9-,13+/m1/s1. The van der Waals surface area contributed by atoms with Crippen LogP contribution in [0.15, 0.2) is 12.1 Å². The topological polar surface area (TPSA) is 64.3 Å². The van der Waals surface area contributed by atoms with E-state index in [1.165, 1.54) is 0 Å². The summed E-state index contributed by atoms with van der Waals surface area (Å²) in [5.41, 5.74) is 0.880. The maximum atomic E-state index is 12.5. The molecule has 1 aromatic carbocycles. The highest BCUT2D eigenvalue weighted by molar-refractivity contribution is 6.33. The molecular formula is C15H17ClN2O2. The van der Waals surface area contributed by atoms with Gasteiger partial charge < -0.3 is 10.0 Å². The quantitative estimate of drug-likeness (QED) is 0.865. The summed E-state index contributed by atoms with van der Waals surface area (Å²) in [7, 11) is 0. The summed E-state index contributed by atoms with van der Waals surface area (Å²) in [5, 5.41) is 19.6. The Morgan fingerprint density at radius 3 is 2.50 bits per heavy atom. The monoisotopic (exact) mass is 292 g/mol. The molecule has 1 fully saturated rings. The Labute approximate surface area is 123 Å². The van der Waals surface area contributed by atoms with Crippen LogP contribution in [0, 0.1) is 23.7 Å². The first-order chi connectivity index (χ1) is 9.23. The van der Waals surface area contributed by atoms with Crippen molar-refractivity contribution in [2.75, 3.05) is 4.90 Å². The Balaban J connectivity index is 2.56. The highest BCUT2D eigenvalue weighted by Crippen LogP contribution is 2.41. The van der Waals surface area contributed by atoms with Crippen molar-refractivity contribution < 1.29 is 9.90 Å². The van der Waals surface area contributed by atoms with E-state index in [-0.39, 0.29) is 11.9 Å². The van der Waals surface area contributed by atoms with Gasteiger partial charge in [-0.25, -0.2) is 0 Å². The predicted molar refractivity (Wildman–Crippen MR) is 77.6 cm³/mol. The number of benzene rings is 1. The Bertz CT molecular complexity index is 619. The third kappa shape index (κ3) is 1.90. The lowest BCUT2D eigenvalue weighted by molar-refractivity contribution is -0.126. The molecule has 0 bridgehead atoms. The Morgan fingerprint density at radius 1 is 1.45 bits per heavy atom. The predicted octanol–water partition coefficient (Wildman–Crippen LogP) is 2.64. The summed E-state index contributed by atoms with van der Waals surface area (Å²) < 4.78 is 0. The highest BCUT2D eigenvalue weighted by atomic mass is 35.5. The minimum atomic E-state index is -0.827. The van der Waals surface area contributed by atoms with Crippen molar-refractivity contribution in [2.45, 2.75) is 39.8 Å². The fourth-order valence-corrected chi connectivity index (χ4v) is 2.92. The molecule has 0 spiro atoms. The number of nitriles is 1. The maximum absolute atomic E-state index is 12.5. The van der Waals surface area contributed by atoms with E-state index in [0.717, 1.165) is 0 Å². The van der Waals surface area contributed by atoms with Crippen molar-refractivity contribution in [1.29, 1.82) is 5.26 Å². The van der Waals surface area contributed by atoms with Crippen molar-refractivity contribution in [3.8, 4) is 6.07 Å². The number of carbonyl (C=O) groups excluding carboxylic acids is 1. The molecule has 0 radical (unpaired) electrons. The molecule has 1 aromatic rings. The molecule has 4 nitrogen and oxygen atoms in total. The summed E-state index contributed by atoms with van der Waals surface area (Å²) >= 11 is 6.16. The van der Waals surface area contributed by atoms with E-state index in [9.17, 15) is 9.90 Å². The average Bonchev–Trinajstić information content (AvgIpc) is 2.55. The smallest absolute Gasteiger partial charge is 0.235 e. The molecule has 0 saturated carbocycles. The van der Waals surface area contributed by atoms with Crippen LogP contribution in [0.3, 0.4) is 0 Å². The van der Waals surface area contributed by atoms with Gasteiger partial charge in [0.2, 0.25) is 5.91 Å². The molecule has 0 aliphatic carbocycles. The first kappa shape index (κ1) is 14.8. The minimum absolute atomic E-state index is 0.138. The number of hydrogen-bond acceptors (Lipinski definition) is 3. The van der Waals surface area contributed by atoms with Crippen LogP contribution in [0.2, 0.25) is 5.02 Å². The summed E-state index contributed by atoms with van der Waals surface area (Å²) in [6.45, 7) is 7.05. The number of aliphatic hydroxyl groups excluding tert-OH is 1. The number of halogens is 1. The second kappa shape index (κ2) is 4.76. The van der Waals surface area contributed by atoms with Crippen molar-refractivity contribution in [2.24, 2.45) is 5.41 Å². The molecular weight excluding hydrogens is 276 g/mol. The third-order valence-electron chi connectivity index (χ3n) is 4.11. The summed E-state index contributed by atoms with van der Waals surface area (Å²) in [4.78, 5) is 14.1. The molecule has 1 saturated heterocycles. The molecule has 1 aliphatic rings. The van der Waals surface area contributed by atoms with Gasteiger partial charge in [-0.05, 0) is 45.4 Å². The van der Waals surface area contributed by atoms with Crippen LogP contribution in [-0.4, -0.2) is 23.2 Å². The van der Waals surface area contributed by atoms with Crippen molar-refractivity contribution in [1.82, 2.24) is 0 Å². The van der Waals surface area contributed by atoms with Crippen molar-refractivity contribution >= 4 is 23.2 Å². The van der Waals surface area contributed by atoms with Gasteiger partial charge >= 0.3 is 0 Å². The largest absolute Gasteiger partial charge is 0.390 e. The van der Waals surface area contributed by atoms with Gasteiger partial charge in [0.1, 0.15) is 6.07 Å². The zero-order valence-electron chi connectivity index (χ0n) is 11.9. The zero-order chi connectivity index (χ0) is 15.2. The summed E-state index contributed by atoms with van der Waals surface area (Å²) in [6, 6.07) is 4.99. The molecule has 1 heterocycles. The number of aliphatic hydroxyl groups is 1. The second-order valence-electron chi connectivity index (χ2n) is 5.77. The van der Waals surface area contributed by atoms with Crippen molar-refractivity contribution in [3.63, 3.8) is 0 Å². The van der Waals surface area contributed by atoms with E-state index in [1.807, 2.05) is 13.0 Å². The molecule has 20 heavy (non-hydrogen) atoms. The Hall–Kier alpha value is -1.57. The van der Waals surface area contributed by atoms with Gasteiger partial charge in [-0.1, -0.05) is 11.6 Å². The minimum Gasteiger partial charge on any atom is -0.390 e. The number of amides is 1. The first-order valence-corrected chi connectivity index (χ1v) is 6.82. The molecule has 1 amide bonds. The number of hydrogen-bond donors (Lipinski definition) is 1. The van der Waals surface area contributed by atoms with E-state index in [0.29, 0.717) is 21.8 Å². The van der Waals surface area contributed by atoms with Crippen molar-refractivity contribution in [3.05, 3.63) is 28.3 Å². The van der Waals surface area contributed by atoms with Gasteiger partial charge in [0.25, 0.3) is 0 Å². The summed E-state index contributed by atoms with van der Waals surface area (Å²) in [6.07, 6.45) is -0.746. The highest BCUT2D eigenvalue weighted by Gasteiger charge is 2.52. The van der Waals surface area contributed by atoms with Gasteiger partial charge in [-0.15, -0.1) is 0 Å². The van der Waals surface area contributed by atoms with Gasteiger partial charge in [0.15, 0.2) is 0 Å². The number of anilines is 1. The fourth-order valence-electron chi connectivity index (χ4n) is 2.72. The van der Waals surface area contributed by atoms with Crippen LogP contribution in [-0.2, 0) is 4.79 Å². The van der Waals surface area contributed by atoms with Crippen LogP contribution in [0.5, 0.6) is 0 Å². The van der Waals surface area contributed by atoms with Gasteiger partial charge in [-0.2, -0.15) is 5.26 Å². The normalized spacial score (nSPS) is 24.9. The number of rotatable bonds is 1. The Kier molecular flexibility index (Phi) is 3.53. The van der Waals surface area contributed by atoms with Crippen LogP contribution < -0.4 is 4.90 Å². The average molecular weight is 293 g/mol. The van der Waals surface area contributed by atoms with E-state index in [4.69, 9.17) is 16.9 Å². The maximum Gasteiger partial charge on any atom is 0.235 e. The van der Waals surface area contributed by atoms with Gasteiger partial charge in [-0.3, -0.25) is 4.79 Å². The number of nitrogens with zero attached hydrogens (tertiary/aromatic N) is 2. The van der Waals surface area contributed by atoms with Crippen LogP contribution >= 0.6 is 11.6 Å². The second-order valence-corrected chi connectivity index (χ2v) is 6.14. The zero-order valence-corrected chi connectivity index (χ0v) is 12.7. The number of carbonyl (C=O) groups is 1.